The number of aromatic nitrogens is 1. The van der Waals surface area contributed by atoms with Crippen LogP contribution in [0.5, 0.6) is 0 Å². The highest BCUT2D eigenvalue weighted by Gasteiger charge is 2.58. The molecule has 17 aromatic carbocycles. The second-order valence-corrected chi connectivity index (χ2v) is 31.1. The van der Waals surface area contributed by atoms with Crippen molar-refractivity contribution in [3.8, 4) is 83.6 Å². The molecule has 0 N–H and O–H groups in total. The molecule has 109 heavy (non-hydrogen) atoms. The van der Waals surface area contributed by atoms with Gasteiger partial charge in [-0.05, 0) is 210 Å². The summed E-state index contributed by atoms with van der Waals surface area (Å²) in [4.78, 5) is 5.50. The van der Waals surface area contributed by atoms with Crippen LogP contribution in [0.1, 0.15) is 66.8 Å². The molecule has 3 nitrogen and oxygen atoms in total. The van der Waals surface area contributed by atoms with Crippen LogP contribution in [0.4, 0.5) is 34.1 Å². The number of rotatable bonds is 4. The van der Waals surface area contributed by atoms with Gasteiger partial charge < -0.3 is 14.4 Å². The summed E-state index contributed by atoms with van der Waals surface area (Å²) in [5.74, 6) is 0. The quantitative estimate of drug-likeness (QED) is 0.163. The first-order chi connectivity index (χ1) is 54.1. The molecule has 18 aromatic rings. The molecule has 3 heterocycles. The van der Waals surface area contributed by atoms with Gasteiger partial charge in [0.15, 0.2) is 0 Å². The van der Waals surface area contributed by atoms with Crippen molar-refractivity contribution in [2.45, 2.75) is 16.2 Å². The van der Waals surface area contributed by atoms with Gasteiger partial charge in [-0.1, -0.05) is 322 Å². The Balaban J connectivity index is 0.843. The van der Waals surface area contributed by atoms with Crippen LogP contribution in [0.15, 0.2) is 376 Å². The topological polar surface area (TPSA) is 11.4 Å². The Morgan fingerprint density at radius 3 is 1.08 bits per heavy atom. The molecule has 0 bridgehead atoms. The zero-order valence-electron chi connectivity index (χ0n) is 59.2. The maximum absolute atomic E-state index is 2.80. The number of benzene rings is 17. The molecular formula is C105H62BN3. The van der Waals surface area contributed by atoms with E-state index in [0.717, 1.165) is 45.2 Å². The van der Waals surface area contributed by atoms with E-state index in [1.807, 2.05) is 0 Å². The average molecular weight is 1380 g/mol. The first-order valence-corrected chi connectivity index (χ1v) is 38.4. The van der Waals surface area contributed by atoms with Crippen molar-refractivity contribution < 1.29 is 0 Å². The fourth-order valence-corrected chi connectivity index (χ4v) is 22.8. The van der Waals surface area contributed by atoms with E-state index in [1.165, 1.54) is 177 Å². The largest absolute Gasteiger partial charge is 0.311 e. The van der Waals surface area contributed by atoms with Crippen molar-refractivity contribution in [3.63, 3.8) is 0 Å². The summed E-state index contributed by atoms with van der Waals surface area (Å²) in [7, 11) is 0. The number of nitrogens with zero attached hydrogens (tertiary/aromatic N) is 3. The van der Waals surface area contributed by atoms with Gasteiger partial charge in [0, 0.05) is 44.8 Å². The molecule has 26 rings (SSSR count). The van der Waals surface area contributed by atoms with Crippen LogP contribution in [-0.2, 0) is 16.2 Å². The van der Waals surface area contributed by atoms with E-state index < -0.39 is 16.2 Å². The van der Waals surface area contributed by atoms with Gasteiger partial charge in [-0.2, -0.15) is 0 Å². The Morgan fingerprint density at radius 1 is 0.202 bits per heavy atom. The van der Waals surface area contributed by atoms with E-state index in [4.69, 9.17) is 0 Å². The normalized spacial score (nSPS) is 15.0. The van der Waals surface area contributed by atoms with Crippen molar-refractivity contribution in [2.24, 2.45) is 0 Å². The van der Waals surface area contributed by atoms with E-state index in [1.54, 1.807) is 0 Å². The second kappa shape index (κ2) is 20.8. The van der Waals surface area contributed by atoms with E-state index in [2.05, 4.69) is 390 Å². The van der Waals surface area contributed by atoms with E-state index >= 15 is 0 Å². The van der Waals surface area contributed by atoms with Crippen LogP contribution in [0.2, 0.25) is 0 Å². The standard InChI is InChI=1S/C105H62BN3/c1-2-27-63(28-3-1)64-53-56-96-92(57-64)106-93-62-91-80(75-37-12-20-46-86(75)104(91)83-43-17-6-31-69(83)70-32-7-18-44-84(70)104)61-98(93)109(97-52-26-40-79-74-36-11-23-49-89(74)105(101(79)97)87-47-21-9-33-71(87)72-34-10-22-48-88(72)105)100-60-66(108-94-50-24-13-38-77(94)78-39-14-25-51-95(78)108)59-99(102(100)106)107(96)65-54-55-76-73-35-8-19-45-85(73)103(90(76)58-65)81-41-15-4-29-67(81)68-30-5-16-42-82(68)103/h1-62H. The number of hydrogen-bond acceptors (Lipinski definition) is 2. The predicted octanol–water partition coefficient (Wildman–Crippen LogP) is 23.6. The molecule has 0 saturated carbocycles. The van der Waals surface area contributed by atoms with Crippen molar-refractivity contribution in [1.29, 1.82) is 0 Å². The maximum atomic E-state index is 2.80. The predicted molar refractivity (Wildman–Crippen MR) is 449 cm³/mol. The summed E-state index contributed by atoms with van der Waals surface area (Å²) in [5, 5.41) is 2.44. The minimum atomic E-state index is -0.694. The highest BCUT2D eigenvalue weighted by atomic mass is 15.2. The van der Waals surface area contributed by atoms with Crippen LogP contribution in [0.3, 0.4) is 0 Å². The third-order valence-electron chi connectivity index (χ3n) is 26.6. The molecule has 8 aliphatic rings. The van der Waals surface area contributed by atoms with Gasteiger partial charge in [-0.15, -0.1) is 0 Å². The first kappa shape index (κ1) is 58.5. The van der Waals surface area contributed by atoms with Crippen molar-refractivity contribution in [1.82, 2.24) is 4.57 Å². The summed E-state index contributed by atoms with van der Waals surface area (Å²) < 4.78 is 2.57. The highest BCUT2D eigenvalue weighted by Crippen LogP contribution is 2.69. The molecule has 500 valence electrons. The maximum Gasteiger partial charge on any atom is 0.252 e. The van der Waals surface area contributed by atoms with Gasteiger partial charge in [-0.3, -0.25) is 0 Å². The Hall–Kier alpha value is -13.8. The zero-order valence-corrected chi connectivity index (χ0v) is 59.2. The number of anilines is 6. The Morgan fingerprint density at radius 2 is 0.587 bits per heavy atom. The van der Waals surface area contributed by atoms with Crippen molar-refractivity contribution in [3.05, 3.63) is 443 Å². The Labute approximate surface area is 631 Å². The molecule has 3 spiro atoms. The zero-order chi connectivity index (χ0) is 70.7. The molecule has 1 aromatic heterocycles. The van der Waals surface area contributed by atoms with E-state index in [-0.39, 0.29) is 6.71 Å². The molecule has 0 amide bonds. The number of para-hydroxylation sites is 2. The average Bonchev–Trinajstić information content (AvgIpc) is 1.54. The molecule has 6 aliphatic carbocycles. The minimum Gasteiger partial charge on any atom is -0.311 e. The fourth-order valence-electron chi connectivity index (χ4n) is 22.8. The number of fused-ring (bicyclic) bond motifs is 37. The molecular weight excluding hydrogens is 1310 g/mol. The van der Waals surface area contributed by atoms with Crippen LogP contribution < -0.4 is 26.2 Å². The molecule has 0 unspecified atom stereocenters. The van der Waals surface area contributed by atoms with Gasteiger partial charge in [0.1, 0.15) is 0 Å². The fraction of sp³-hybridized carbons (Fsp3) is 0.0286. The first-order valence-electron chi connectivity index (χ1n) is 38.4. The molecule has 4 heteroatoms. The van der Waals surface area contributed by atoms with E-state index in [0.29, 0.717) is 0 Å². The van der Waals surface area contributed by atoms with Crippen LogP contribution in [-0.4, -0.2) is 11.3 Å². The summed E-state index contributed by atoms with van der Waals surface area (Å²) in [6, 6.07) is 146. The molecule has 0 atom stereocenters. The van der Waals surface area contributed by atoms with Crippen molar-refractivity contribution in [2.75, 3.05) is 9.80 Å². The minimum absolute atomic E-state index is 0.286. The lowest BCUT2D eigenvalue weighted by Crippen LogP contribution is -2.61. The summed E-state index contributed by atoms with van der Waals surface area (Å²) in [6.07, 6.45) is 0. The van der Waals surface area contributed by atoms with Gasteiger partial charge >= 0.3 is 0 Å². The molecule has 0 saturated heterocycles. The van der Waals surface area contributed by atoms with E-state index in [9.17, 15) is 0 Å². The van der Waals surface area contributed by atoms with Crippen LogP contribution >= 0.6 is 0 Å². The van der Waals surface area contributed by atoms with Crippen LogP contribution in [0.25, 0.3) is 105 Å². The van der Waals surface area contributed by atoms with Crippen LogP contribution in [0, 0.1) is 0 Å². The smallest absolute Gasteiger partial charge is 0.252 e. The lowest BCUT2D eigenvalue weighted by molar-refractivity contribution is 0.792. The highest BCUT2D eigenvalue weighted by molar-refractivity contribution is 7.00. The monoisotopic (exact) mass is 1380 g/mol. The molecule has 0 radical (unpaired) electrons. The Kier molecular flexibility index (Phi) is 11.2. The van der Waals surface area contributed by atoms with Gasteiger partial charge in [0.25, 0.3) is 6.71 Å². The lowest BCUT2D eigenvalue weighted by atomic mass is 9.33. The third-order valence-corrected chi connectivity index (χ3v) is 26.6. The Bertz CT molecular complexity index is 6950. The van der Waals surface area contributed by atoms with Gasteiger partial charge in [0.2, 0.25) is 0 Å². The van der Waals surface area contributed by atoms with Crippen molar-refractivity contribution >= 4 is 79.0 Å². The molecule has 2 aliphatic heterocycles. The SMILES string of the molecule is c1ccc(-c2ccc3c(c2)B2c4cc5c(cc4N(c4cccc6c4C4(c7ccccc7-c7ccccc74)c4ccccc4-6)c4cc(-n6c7ccccc7c7ccccc76)cc(c42)N3c2ccc3c(c2)C2(c4ccccc4-c4ccccc42)c2ccccc2-3)-c2ccccc2C52c3ccccc3-c3ccccc32)cc1. The third kappa shape index (κ3) is 6.96. The second-order valence-electron chi connectivity index (χ2n) is 31.1. The summed E-state index contributed by atoms with van der Waals surface area (Å²) in [6.45, 7) is -0.286. The number of hydrogen-bond donors (Lipinski definition) is 0. The summed E-state index contributed by atoms with van der Waals surface area (Å²) in [5.41, 5.74) is 45.7. The lowest BCUT2D eigenvalue weighted by Gasteiger charge is -2.46. The molecule has 0 fully saturated rings. The van der Waals surface area contributed by atoms with Gasteiger partial charge in [0.05, 0.1) is 38.7 Å². The van der Waals surface area contributed by atoms with Gasteiger partial charge in [-0.25, -0.2) is 0 Å². The summed E-state index contributed by atoms with van der Waals surface area (Å²) >= 11 is 0.